The van der Waals surface area contributed by atoms with E-state index in [1.807, 2.05) is 19.1 Å². The normalized spacial score (nSPS) is 21.1. The third-order valence-electron chi connectivity index (χ3n) is 1.82. The molecule has 1 heterocycles. The Hall–Kier alpha value is -1.51. The van der Waals surface area contributed by atoms with Crippen molar-refractivity contribution in [3.8, 4) is 0 Å². The maximum atomic E-state index is 10.7. The zero-order valence-electron chi connectivity index (χ0n) is 6.66. The van der Waals surface area contributed by atoms with Crippen molar-refractivity contribution in [2.45, 2.75) is 13.3 Å². The predicted molar refractivity (Wildman–Crippen MR) is 41.7 cm³/mol. The van der Waals surface area contributed by atoms with Gasteiger partial charge in [0.1, 0.15) is 0 Å². The van der Waals surface area contributed by atoms with Crippen molar-refractivity contribution in [3.05, 3.63) is 35.1 Å². The lowest BCUT2D eigenvalue weighted by Crippen LogP contribution is -2.13. The van der Waals surface area contributed by atoms with Crippen LogP contribution in [0, 0.1) is 0 Å². The molecule has 0 fully saturated rings. The fraction of sp³-hybridized carbons (Fsp3) is 0.222. The van der Waals surface area contributed by atoms with E-state index in [0.717, 1.165) is 17.6 Å². The molecular formula is C9H8O3. The van der Waals surface area contributed by atoms with Gasteiger partial charge in [0.2, 0.25) is 0 Å². The Morgan fingerprint density at radius 2 is 2.17 bits per heavy atom. The van der Waals surface area contributed by atoms with Gasteiger partial charge in [-0.05, 0) is 19.4 Å². The molecule has 0 saturated heterocycles. The molecule has 62 valence electrons. The highest BCUT2D eigenvalue weighted by Gasteiger charge is 2.19. The fourth-order valence-electron chi connectivity index (χ4n) is 1.19. The molecule has 1 aliphatic carbocycles. The van der Waals surface area contributed by atoms with Gasteiger partial charge in [0.05, 0.1) is 0 Å². The van der Waals surface area contributed by atoms with Gasteiger partial charge >= 0.3 is 5.97 Å². The molecule has 0 spiro atoms. The summed E-state index contributed by atoms with van der Waals surface area (Å²) in [5.74, 6) is 0.213. The first-order chi connectivity index (χ1) is 5.75. The quantitative estimate of drug-likeness (QED) is 0.510. The van der Waals surface area contributed by atoms with Gasteiger partial charge in [0.25, 0.3) is 0 Å². The molecule has 0 N–H and O–H groups in total. The molecule has 3 heteroatoms. The van der Waals surface area contributed by atoms with Crippen LogP contribution in [0.3, 0.4) is 0 Å². The molecule has 12 heavy (non-hydrogen) atoms. The number of rotatable bonds is 0. The summed E-state index contributed by atoms with van der Waals surface area (Å²) in [6.07, 6.45) is 6.09. The van der Waals surface area contributed by atoms with E-state index in [1.54, 1.807) is 0 Å². The van der Waals surface area contributed by atoms with Crippen molar-refractivity contribution in [1.29, 1.82) is 0 Å². The molecule has 2 aliphatic rings. The smallest absolute Gasteiger partial charge is 0.286 e. The molecule has 0 aromatic rings. The second kappa shape index (κ2) is 2.52. The minimum absolute atomic E-state index is 0.435. The summed E-state index contributed by atoms with van der Waals surface area (Å²) in [5, 5.41) is 0. The van der Waals surface area contributed by atoms with Gasteiger partial charge in [-0.3, -0.25) is 4.89 Å². The molecule has 2 rings (SSSR count). The van der Waals surface area contributed by atoms with Crippen LogP contribution in [0.25, 0.3) is 0 Å². The summed E-state index contributed by atoms with van der Waals surface area (Å²) in [6.45, 7) is 1.98. The first kappa shape index (κ1) is 7.16. The minimum Gasteiger partial charge on any atom is -0.286 e. The van der Waals surface area contributed by atoms with E-state index >= 15 is 0 Å². The second-order valence-electron chi connectivity index (χ2n) is 2.82. The first-order valence-electron chi connectivity index (χ1n) is 3.73. The van der Waals surface area contributed by atoms with E-state index in [1.165, 1.54) is 6.08 Å². The highest BCUT2D eigenvalue weighted by molar-refractivity contribution is 5.84. The maximum Gasteiger partial charge on any atom is 0.379 e. The minimum atomic E-state index is -0.435. The Balaban J connectivity index is 2.36. The van der Waals surface area contributed by atoms with Gasteiger partial charge in [0.15, 0.2) is 5.76 Å². The average Bonchev–Trinajstić information content (AvgIpc) is 2.05. The summed E-state index contributed by atoms with van der Waals surface area (Å²) in [7, 11) is 0. The van der Waals surface area contributed by atoms with Crippen LogP contribution in [0.1, 0.15) is 13.3 Å². The van der Waals surface area contributed by atoms with E-state index < -0.39 is 5.97 Å². The molecule has 0 aromatic heterocycles. The van der Waals surface area contributed by atoms with Gasteiger partial charge in [0, 0.05) is 11.6 Å². The van der Waals surface area contributed by atoms with E-state index in [4.69, 9.17) is 4.89 Å². The van der Waals surface area contributed by atoms with Crippen LogP contribution in [0.2, 0.25) is 0 Å². The van der Waals surface area contributed by atoms with E-state index in [9.17, 15) is 4.79 Å². The van der Waals surface area contributed by atoms with Crippen LogP contribution in [-0.4, -0.2) is 5.97 Å². The molecule has 3 nitrogen and oxygen atoms in total. The Bertz CT molecular complexity index is 321. The second-order valence-corrected chi connectivity index (χ2v) is 2.82. The number of fused-ring (bicyclic) bond motifs is 1. The lowest BCUT2D eigenvalue weighted by Gasteiger charge is -2.17. The standard InChI is InChI=1S/C9H8O3/c1-6-2-3-7-5-9(10)12-11-8(7)4-6/h2,4-5H,3H2,1H3. The molecular weight excluding hydrogens is 156 g/mol. The Labute approximate surface area is 69.9 Å². The number of carbonyl (C=O) groups is 1. The third-order valence-corrected chi connectivity index (χ3v) is 1.82. The fourth-order valence-corrected chi connectivity index (χ4v) is 1.19. The van der Waals surface area contributed by atoms with Crippen LogP contribution in [0.5, 0.6) is 0 Å². The summed E-state index contributed by atoms with van der Waals surface area (Å²) < 4.78 is 0. The van der Waals surface area contributed by atoms with Gasteiger partial charge in [-0.2, -0.15) is 0 Å². The van der Waals surface area contributed by atoms with Crippen LogP contribution < -0.4 is 0 Å². The van der Waals surface area contributed by atoms with Crippen molar-refractivity contribution in [1.82, 2.24) is 0 Å². The van der Waals surface area contributed by atoms with E-state index in [-0.39, 0.29) is 0 Å². The van der Waals surface area contributed by atoms with E-state index in [2.05, 4.69) is 4.89 Å². The van der Waals surface area contributed by atoms with Crippen molar-refractivity contribution in [2.24, 2.45) is 0 Å². The van der Waals surface area contributed by atoms with Crippen molar-refractivity contribution in [2.75, 3.05) is 0 Å². The van der Waals surface area contributed by atoms with Crippen LogP contribution in [-0.2, 0) is 14.6 Å². The summed E-state index contributed by atoms with van der Waals surface area (Å²) >= 11 is 0. The van der Waals surface area contributed by atoms with Crippen LogP contribution in [0.15, 0.2) is 35.1 Å². The van der Waals surface area contributed by atoms with Crippen molar-refractivity contribution in [3.63, 3.8) is 0 Å². The first-order valence-corrected chi connectivity index (χ1v) is 3.73. The van der Waals surface area contributed by atoms with Gasteiger partial charge in [-0.15, -0.1) is 0 Å². The lowest BCUT2D eigenvalue weighted by atomic mass is 10.0. The SMILES string of the molecule is CC1=CCC2=CC(=O)OOC2=C1. The summed E-state index contributed by atoms with van der Waals surface area (Å²) in [4.78, 5) is 19.9. The van der Waals surface area contributed by atoms with Gasteiger partial charge in [-0.25, -0.2) is 9.68 Å². The lowest BCUT2D eigenvalue weighted by molar-refractivity contribution is -0.243. The Morgan fingerprint density at radius 3 is 3.00 bits per heavy atom. The third kappa shape index (κ3) is 1.13. The van der Waals surface area contributed by atoms with Crippen LogP contribution >= 0.6 is 0 Å². The summed E-state index contributed by atoms with van der Waals surface area (Å²) in [5.41, 5.74) is 2.01. The number of carbonyl (C=O) groups excluding carboxylic acids is 1. The molecule has 0 amide bonds. The van der Waals surface area contributed by atoms with Crippen LogP contribution in [0.4, 0.5) is 0 Å². The zero-order chi connectivity index (χ0) is 8.55. The highest BCUT2D eigenvalue weighted by Crippen LogP contribution is 2.26. The molecule has 0 atom stereocenters. The molecule has 0 radical (unpaired) electrons. The molecule has 0 bridgehead atoms. The maximum absolute atomic E-state index is 10.7. The number of hydrogen-bond donors (Lipinski definition) is 0. The number of hydrogen-bond acceptors (Lipinski definition) is 3. The largest absolute Gasteiger partial charge is 0.379 e. The van der Waals surface area contributed by atoms with Gasteiger partial charge in [-0.1, -0.05) is 11.6 Å². The van der Waals surface area contributed by atoms with Crippen molar-refractivity contribution >= 4 is 5.97 Å². The van der Waals surface area contributed by atoms with Gasteiger partial charge < -0.3 is 0 Å². The Morgan fingerprint density at radius 1 is 1.33 bits per heavy atom. The zero-order valence-corrected chi connectivity index (χ0v) is 6.66. The predicted octanol–water partition coefficient (Wildman–Crippen LogP) is 1.64. The topological polar surface area (TPSA) is 35.5 Å². The monoisotopic (exact) mass is 164 g/mol. The molecule has 1 aliphatic heterocycles. The van der Waals surface area contributed by atoms with E-state index in [0.29, 0.717) is 5.76 Å². The average molecular weight is 164 g/mol. The van der Waals surface area contributed by atoms with Crippen molar-refractivity contribution < 1.29 is 14.6 Å². The molecule has 0 aromatic carbocycles. The molecule has 0 saturated carbocycles. The molecule has 0 unspecified atom stereocenters. The number of allylic oxidation sites excluding steroid dienone is 4. The highest BCUT2D eigenvalue weighted by atomic mass is 17.2. The Kier molecular flexibility index (Phi) is 1.50. The summed E-state index contributed by atoms with van der Waals surface area (Å²) in [6, 6.07) is 0.